The van der Waals surface area contributed by atoms with Crippen molar-refractivity contribution < 1.29 is 13.4 Å². The van der Waals surface area contributed by atoms with E-state index in [-0.39, 0.29) is 11.8 Å². The van der Waals surface area contributed by atoms with E-state index >= 15 is 0 Å². The first-order valence-electron chi connectivity index (χ1n) is 17.2. The molecule has 5 aromatic carbocycles. The summed E-state index contributed by atoms with van der Waals surface area (Å²) in [6, 6.07) is 38.8. The van der Waals surface area contributed by atoms with E-state index in [1.165, 1.54) is 27.9 Å². The maximum absolute atomic E-state index is 6.89. The molecule has 0 saturated heterocycles. The zero-order valence-electron chi connectivity index (χ0n) is 28.7. The molecule has 9 aromatic rings. The Bertz CT molecular complexity index is 2710. The molecule has 4 aromatic heterocycles. The second-order valence-electron chi connectivity index (χ2n) is 13.9. The molecular formula is C44H38N3O2+. The molecule has 9 rings (SSSR count). The third kappa shape index (κ3) is 4.38. The van der Waals surface area contributed by atoms with E-state index in [2.05, 4.69) is 142 Å². The van der Waals surface area contributed by atoms with Gasteiger partial charge in [0, 0.05) is 21.9 Å². The molecule has 0 fully saturated rings. The molecule has 0 bridgehead atoms. The van der Waals surface area contributed by atoms with Crippen molar-refractivity contribution in [3.05, 3.63) is 126 Å². The average Bonchev–Trinajstić information content (AvgIpc) is 3.75. The Morgan fingerprint density at radius 2 is 1.35 bits per heavy atom. The second-order valence-corrected chi connectivity index (χ2v) is 13.9. The van der Waals surface area contributed by atoms with Crippen molar-refractivity contribution in [2.45, 2.75) is 46.5 Å². The molecule has 0 radical (unpaired) electrons. The Labute approximate surface area is 285 Å². The number of furan rings is 2. The van der Waals surface area contributed by atoms with Crippen LogP contribution < -0.4 is 4.57 Å². The van der Waals surface area contributed by atoms with Crippen LogP contribution >= 0.6 is 0 Å². The molecule has 0 aliphatic rings. The summed E-state index contributed by atoms with van der Waals surface area (Å²) in [5.74, 6) is 1.65. The van der Waals surface area contributed by atoms with Crippen molar-refractivity contribution in [1.29, 1.82) is 0 Å². The highest BCUT2D eigenvalue weighted by Crippen LogP contribution is 2.43. The number of nitrogens with zero attached hydrogens (tertiary/aromatic N) is 3. The van der Waals surface area contributed by atoms with Crippen LogP contribution in [-0.2, 0) is 7.05 Å². The van der Waals surface area contributed by atoms with Crippen molar-refractivity contribution in [1.82, 2.24) is 9.55 Å². The van der Waals surface area contributed by atoms with Crippen LogP contribution in [0.1, 0.15) is 56.2 Å². The van der Waals surface area contributed by atoms with Gasteiger partial charge in [0.1, 0.15) is 22.4 Å². The number of benzene rings is 5. The number of pyridine rings is 1. The largest absolute Gasteiger partial charge is 0.453 e. The lowest BCUT2D eigenvalue weighted by molar-refractivity contribution is -0.633. The van der Waals surface area contributed by atoms with E-state index in [1.54, 1.807) is 0 Å². The van der Waals surface area contributed by atoms with Gasteiger partial charge in [0.05, 0.1) is 12.4 Å². The minimum absolute atomic E-state index is 0.285. The average molecular weight is 641 g/mol. The van der Waals surface area contributed by atoms with Crippen molar-refractivity contribution in [3.8, 4) is 28.2 Å². The topological polar surface area (TPSA) is 48.0 Å². The normalized spacial score (nSPS) is 12.2. The van der Waals surface area contributed by atoms with Gasteiger partial charge in [0.2, 0.25) is 5.71 Å². The van der Waals surface area contributed by atoms with E-state index in [1.807, 2.05) is 18.2 Å². The third-order valence-electron chi connectivity index (χ3n) is 10.2. The standard InChI is InChI=1S/C44H38N3O2/c1-25(2)32-22-29(28-14-8-7-9-15-28)23-33(26(3)4)41(32)47-36-18-12-11-17-35(36)46(6)44(47)39-27(5)20-21-31-40-38(48-42(31)39)24-34-30-16-10-13-19-37(30)49-43(34)45-40/h7-26H,1-6H3/q+1. The molecule has 5 nitrogen and oxygen atoms in total. The Morgan fingerprint density at radius 3 is 2.10 bits per heavy atom. The van der Waals surface area contributed by atoms with Crippen molar-refractivity contribution in [3.63, 3.8) is 0 Å². The molecule has 0 N–H and O–H groups in total. The van der Waals surface area contributed by atoms with E-state index in [9.17, 15) is 0 Å². The molecule has 0 unspecified atom stereocenters. The third-order valence-corrected chi connectivity index (χ3v) is 10.2. The molecule has 0 aliphatic heterocycles. The van der Waals surface area contributed by atoms with Gasteiger partial charge < -0.3 is 8.83 Å². The quantitative estimate of drug-likeness (QED) is 0.176. The Kier molecular flexibility index (Phi) is 6.57. The summed E-state index contributed by atoms with van der Waals surface area (Å²) < 4.78 is 17.9. The first-order valence-corrected chi connectivity index (χ1v) is 17.2. The number of imidazole rings is 1. The first-order chi connectivity index (χ1) is 23.8. The zero-order valence-corrected chi connectivity index (χ0v) is 28.7. The molecule has 0 saturated carbocycles. The SMILES string of the molecule is Cc1ccc2c(oc3cc4c(nc32)oc2ccccc24)c1-c1n(-c2c(C(C)C)cc(-c3ccccc3)cc2C(C)C)c2ccccc2[n+]1C. The first kappa shape index (κ1) is 29.5. The fourth-order valence-corrected chi connectivity index (χ4v) is 7.70. The lowest BCUT2D eigenvalue weighted by Crippen LogP contribution is -2.30. The maximum Gasteiger partial charge on any atom is 0.299 e. The van der Waals surface area contributed by atoms with Crippen LogP contribution in [0.5, 0.6) is 0 Å². The van der Waals surface area contributed by atoms with E-state index < -0.39 is 0 Å². The Morgan fingerprint density at radius 1 is 0.653 bits per heavy atom. The summed E-state index contributed by atoms with van der Waals surface area (Å²) in [5, 5.41) is 2.97. The molecule has 0 atom stereocenters. The monoisotopic (exact) mass is 640 g/mol. The summed E-state index contributed by atoms with van der Waals surface area (Å²) in [7, 11) is 2.18. The number of hydrogen-bond donors (Lipinski definition) is 0. The Balaban J connectivity index is 1.40. The van der Waals surface area contributed by atoms with Gasteiger partial charge in [-0.05, 0) is 77.9 Å². The van der Waals surface area contributed by atoms with Gasteiger partial charge in [-0.1, -0.05) is 94.4 Å². The van der Waals surface area contributed by atoms with Crippen LogP contribution in [0, 0.1) is 6.92 Å². The molecule has 5 heteroatoms. The highest BCUT2D eigenvalue weighted by molar-refractivity contribution is 6.13. The second kappa shape index (κ2) is 10.9. The van der Waals surface area contributed by atoms with Gasteiger partial charge in [-0.25, -0.2) is 9.55 Å². The van der Waals surface area contributed by atoms with Crippen molar-refractivity contribution >= 4 is 55.2 Å². The molecule has 0 amide bonds. The fourth-order valence-electron chi connectivity index (χ4n) is 7.70. The molecular weight excluding hydrogens is 603 g/mol. The van der Waals surface area contributed by atoms with Crippen LogP contribution in [0.25, 0.3) is 83.4 Å². The van der Waals surface area contributed by atoms with E-state index in [4.69, 9.17) is 13.8 Å². The maximum atomic E-state index is 6.89. The van der Waals surface area contributed by atoms with Gasteiger partial charge in [-0.15, -0.1) is 0 Å². The molecule has 240 valence electrons. The van der Waals surface area contributed by atoms with Gasteiger partial charge in [-0.2, -0.15) is 4.57 Å². The van der Waals surface area contributed by atoms with E-state index in [0.717, 1.165) is 66.4 Å². The zero-order chi connectivity index (χ0) is 33.6. The summed E-state index contributed by atoms with van der Waals surface area (Å²) in [6.07, 6.45) is 0. The summed E-state index contributed by atoms with van der Waals surface area (Å²) in [4.78, 5) is 5.05. The van der Waals surface area contributed by atoms with Crippen molar-refractivity contribution in [2.24, 2.45) is 7.05 Å². The van der Waals surface area contributed by atoms with Crippen LogP contribution in [0.4, 0.5) is 0 Å². The number of fused-ring (bicyclic) bond motifs is 7. The fraction of sp³-hybridized carbons (Fsp3) is 0.182. The lowest BCUT2D eigenvalue weighted by atomic mass is 9.88. The van der Waals surface area contributed by atoms with Crippen LogP contribution in [-0.4, -0.2) is 9.55 Å². The van der Waals surface area contributed by atoms with Gasteiger partial charge in [0.25, 0.3) is 5.82 Å². The smallest absolute Gasteiger partial charge is 0.299 e. The molecule has 49 heavy (non-hydrogen) atoms. The van der Waals surface area contributed by atoms with Crippen LogP contribution in [0.2, 0.25) is 0 Å². The minimum Gasteiger partial charge on any atom is -0.453 e. The number of para-hydroxylation sites is 3. The molecule has 0 spiro atoms. The van der Waals surface area contributed by atoms with Gasteiger partial charge >= 0.3 is 0 Å². The van der Waals surface area contributed by atoms with Gasteiger partial charge in [0.15, 0.2) is 22.2 Å². The van der Waals surface area contributed by atoms with Crippen molar-refractivity contribution in [2.75, 3.05) is 0 Å². The summed E-state index contributed by atoms with van der Waals surface area (Å²) in [5.41, 5.74) is 14.7. The lowest BCUT2D eigenvalue weighted by Gasteiger charge is -2.21. The van der Waals surface area contributed by atoms with Crippen LogP contribution in [0.15, 0.2) is 118 Å². The summed E-state index contributed by atoms with van der Waals surface area (Å²) >= 11 is 0. The minimum atomic E-state index is 0.285. The molecule has 4 heterocycles. The predicted molar refractivity (Wildman–Crippen MR) is 201 cm³/mol. The molecule has 0 aliphatic carbocycles. The summed E-state index contributed by atoms with van der Waals surface area (Å²) in [6.45, 7) is 11.4. The van der Waals surface area contributed by atoms with Crippen LogP contribution in [0.3, 0.4) is 0 Å². The number of aryl methyl sites for hydroxylation is 2. The highest BCUT2D eigenvalue weighted by atomic mass is 16.3. The Hall–Kier alpha value is -5.68. The van der Waals surface area contributed by atoms with E-state index in [0.29, 0.717) is 5.71 Å². The van der Waals surface area contributed by atoms with Gasteiger partial charge in [-0.3, -0.25) is 0 Å². The predicted octanol–water partition coefficient (Wildman–Crippen LogP) is 11.5. The number of rotatable bonds is 5. The highest BCUT2D eigenvalue weighted by Gasteiger charge is 2.34. The number of hydrogen-bond acceptors (Lipinski definition) is 3. The number of aromatic nitrogens is 3.